The third-order valence-electron chi connectivity index (χ3n) is 4.44. The van der Waals surface area contributed by atoms with Gasteiger partial charge in [-0.25, -0.2) is 0 Å². The molecule has 0 bridgehead atoms. The van der Waals surface area contributed by atoms with Crippen LogP contribution in [0.5, 0.6) is 0 Å². The molecule has 1 saturated carbocycles. The average molecular weight is 294 g/mol. The lowest BCUT2D eigenvalue weighted by atomic mass is 9.95. The number of allylic oxidation sites excluding steroid dienone is 1. The van der Waals surface area contributed by atoms with E-state index in [2.05, 4.69) is 31.2 Å². The molecular weight excluding hydrogens is 272 g/mol. The third-order valence-corrected chi connectivity index (χ3v) is 4.44. The number of ketones is 1. The Morgan fingerprint density at radius 3 is 2.23 bits per heavy atom. The van der Waals surface area contributed by atoms with E-state index in [1.807, 2.05) is 13.0 Å². The van der Waals surface area contributed by atoms with Gasteiger partial charge in [0.15, 0.2) is 5.78 Å². The van der Waals surface area contributed by atoms with Crippen LogP contribution in [0.1, 0.15) is 65.6 Å². The molecule has 0 amide bonds. The summed E-state index contributed by atoms with van der Waals surface area (Å²) < 4.78 is 5.96. The van der Waals surface area contributed by atoms with Crippen LogP contribution >= 0.6 is 0 Å². The van der Waals surface area contributed by atoms with Gasteiger partial charge in [0.2, 0.25) is 0 Å². The van der Waals surface area contributed by atoms with Gasteiger partial charge in [-0.15, -0.1) is 0 Å². The number of Topliss-reactive ketones (excluding diaryl/α,β-unsaturated/α-hetero) is 1. The fourth-order valence-corrected chi connectivity index (χ4v) is 3.25. The zero-order chi connectivity index (χ0) is 15.7. The van der Waals surface area contributed by atoms with Gasteiger partial charge in [0.1, 0.15) is 11.5 Å². The average Bonchev–Trinajstić information content (AvgIpc) is 3.11. The molecule has 2 heteroatoms. The van der Waals surface area contributed by atoms with Crippen molar-refractivity contribution in [2.75, 3.05) is 0 Å². The lowest BCUT2D eigenvalue weighted by Crippen LogP contribution is -1.92. The maximum atomic E-state index is 11.7. The standard InChI is InChI=1S/C20H22O2/c1-13-8-10-17(11-9-13)20(16-6-4-5-7-16)19-12-18(14(2)21)15(3)22-19/h8-12H,4-7H2,1-3H3. The van der Waals surface area contributed by atoms with Crippen LogP contribution in [-0.4, -0.2) is 5.78 Å². The van der Waals surface area contributed by atoms with Crippen molar-refractivity contribution in [3.05, 3.63) is 64.1 Å². The van der Waals surface area contributed by atoms with Crippen molar-refractivity contribution < 1.29 is 9.21 Å². The second kappa shape index (κ2) is 5.96. The summed E-state index contributed by atoms with van der Waals surface area (Å²) in [5, 5.41) is 0. The van der Waals surface area contributed by atoms with Crippen LogP contribution < -0.4 is 0 Å². The van der Waals surface area contributed by atoms with Crippen molar-refractivity contribution in [3.63, 3.8) is 0 Å². The highest BCUT2D eigenvalue weighted by molar-refractivity contribution is 5.96. The summed E-state index contributed by atoms with van der Waals surface area (Å²) in [5.41, 5.74) is 5.77. The molecule has 2 aromatic rings. The molecule has 1 aromatic heterocycles. The van der Waals surface area contributed by atoms with Gasteiger partial charge in [-0.05, 0) is 58.1 Å². The fraction of sp³-hybridized carbons (Fsp3) is 0.350. The van der Waals surface area contributed by atoms with Crippen LogP contribution in [0.15, 0.2) is 40.3 Å². The molecule has 22 heavy (non-hydrogen) atoms. The number of carbonyl (C=O) groups excluding carboxylic acids is 1. The number of furan rings is 1. The summed E-state index contributed by atoms with van der Waals surface area (Å²) in [4.78, 5) is 11.7. The maximum absolute atomic E-state index is 11.7. The van der Waals surface area contributed by atoms with E-state index in [0.29, 0.717) is 11.3 Å². The molecule has 1 aromatic carbocycles. The number of aryl methyl sites for hydroxylation is 2. The van der Waals surface area contributed by atoms with Gasteiger partial charge >= 0.3 is 0 Å². The van der Waals surface area contributed by atoms with Gasteiger partial charge < -0.3 is 4.42 Å². The summed E-state index contributed by atoms with van der Waals surface area (Å²) >= 11 is 0. The number of hydrogen-bond donors (Lipinski definition) is 0. The predicted octanol–water partition coefficient (Wildman–Crippen LogP) is 5.47. The Kier molecular flexibility index (Phi) is 4.02. The molecule has 0 spiro atoms. The Morgan fingerprint density at radius 1 is 1.05 bits per heavy atom. The number of carbonyl (C=O) groups is 1. The Hall–Kier alpha value is -2.09. The molecule has 0 atom stereocenters. The molecule has 0 N–H and O–H groups in total. The minimum Gasteiger partial charge on any atom is -0.461 e. The molecule has 3 rings (SSSR count). The first-order chi connectivity index (χ1) is 10.6. The van der Waals surface area contributed by atoms with E-state index in [4.69, 9.17) is 4.42 Å². The topological polar surface area (TPSA) is 30.2 Å². The van der Waals surface area contributed by atoms with Crippen LogP contribution in [0.4, 0.5) is 0 Å². The number of rotatable bonds is 3. The highest BCUT2D eigenvalue weighted by Gasteiger charge is 2.21. The van der Waals surface area contributed by atoms with E-state index in [1.165, 1.54) is 35.1 Å². The Balaban J connectivity index is 2.14. The lowest BCUT2D eigenvalue weighted by molar-refractivity contribution is 0.101. The second-order valence-electron chi connectivity index (χ2n) is 6.19. The van der Waals surface area contributed by atoms with Crippen LogP contribution in [0, 0.1) is 13.8 Å². The molecule has 1 aliphatic rings. The zero-order valence-corrected chi connectivity index (χ0v) is 13.5. The normalized spacial score (nSPS) is 14.4. The van der Waals surface area contributed by atoms with Gasteiger partial charge in [0.05, 0.1) is 5.56 Å². The third kappa shape index (κ3) is 2.78. The van der Waals surface area contributed by atoms with Gasteiger partial charge in [-0.1, -0.05) is 35.4 Å². The number of benzene rings is 1. The van der Waals surface area contributed by atoms with E-state index in [-0.39, 0.29) is 5.78 Å². The summed E-state index contributed by atoms with van der Waals surface area (Å²) in [6, 6.07) is 10.5. The molecule has 1 fully saturated rings. The second-order valence-corrected chi connectivity index (χ2v) is 6.19. The molecule has 0 saturated heterocycles. The molecule has 114 valence electrons. The lowest BCUT2D eigenvalue weighted by Gasteiger charge is -2.10. The molecule has 0 radical (unpaired) electrons. The zero-order valence-electron chi connectivity index (χ0n) is 13.5. The van der Waals surface area contributed by atoms with Crippen LogP contribution in [0.3, 0.4) is 0 Å². The first-order valence-corrected chi connectivity index (χ1v) is 7.97. The Labute approximate surface area is 131 Å². The van der Waals surface area contributed by atoms with Gasteiger partial charge in [0, 0.05) is 5.57 Å². The minimum atomic E-state index is 0.0622. The highest BCUT2D eigenvalue weighted by atomic mass is 16.3. The van der Waals surface area contributed by atoms with Crippen molar-refractivity contribution in [1.82, 2.24) is 0 Å². The Bertz CT molecular complexity index is 722. The van der Waals surface area contributed by atoms with Crippen molar-refractivity contribution in [3.8, 4) is 0 Å². The molecular formula is C20H22O2. The van der Waals surface area contributed by atoms with Crippen LogP contribution in [0.2, 0.25) is 0 Å². The summed E-state index contributed by atoms with van der Waals surface area (Å²) in [6.07, 6.45) is 4.73. The van der Waals surface area contributed by atoms with E-state index < -0.39 is 0 Å². The van der Waals surface area contributed by atoms with Crippen LogP contribution in [-0.2, 0) is 0 Å². The van der Waals surface area contributed by atoms with Crippen molar-refractivity contribution in [2.24, 2.45) is 0 Å². The van der Waals surface area contributed by atoms with Crippen molar-refractivity contribution >= 4 is 11.4 Å². The SMILES string of the molecule is CC(=O)c1cc(C(=C2CCCC2)c2ccc(C)cc2)oc1C. The summed E-state index contributed by atoms with van der Waals surface area (Å²) in [5.74, 6) is 1.61. The summed E-state index contributed by atoms with van der Waals surface area (Å²) in [7, 11) is 0. The summed E-state index contributed by atoms with van der Waals surface area (Å²) in [6.45, 7) is 5.55. The van der Waals surface area contributed by atoms with Gasteiger partial charge in [-0.2, -0.15) is 0 Å². The van der Waals surface area contributed by atoms with Crippen molar-refractivity contribution in [2.45, 2.75) is 46.5 Å². The smallest absolute Gasteiger partial charge is 0.163 e. The van der Waals surface area contributed by atoms with E-state index in [0.717, 1.165) is 18.6 Å². The molecule has 0 aliphatic heterocycles. The largest absolute Gasteiger partial charge is 0.461 e. The molecule has 2 nitrogen and oxygen atoms in total. The van der Waals surface area contributed by atoms with E-state index >= 15 is 0 Å². The molecule has 0 unspecified atom stereocenters. The number of hydrogen-bond acceptors (Lipinski definition) is 2. The minimum absolute atomic E-state index is 0.0622. The maximum Gasteiger partial charge on any atom is 0.163 e. The van der Waals surface area contributed by atoms with Gasteiger partial charge in [-0.3, -0.25) is 4.79 Å². The monoisotopic (exact) mass is 294 g/mol. The molecule has 1 heterocycles. The highest BCUT2D eigenvalue weighted by Crippen LogP contribution is 2.37. The van der Waals surface area contributed by atoms with Crippen molar-refractivity contribution in [1.29, 1.82) is 0 Å². The van der Waals surface area contributed by atoms with Crippen LogP contribution in [0.25, 0.3) is 5.57 Å². The molecule has 1 aliphatic carbocycles. The Morgan fingerprint density at radius 2 is 1.68 bits per heavy atom. The van der Waals surface area contributed by atoms with Gasteiger partial charge in [0.25, 0.3) is 0 Å². The van der Waals surface area contributed by atoms with E-state index in [9.17, 15) is 4.79 Å². The predicted molar refractivity (Wildman–Crippen MR) is 89.1 cm³/mol. The first kappa shape index (κ1) is 14.8. The van der Waals surface area contributed by atoms with E-state index in [1.54, 1.807) is 6.92 Å². The fourth-order valence-electron chi connectivity index (χ4n) is 3.25. The quantitative estimate of drug-likeness (QED) is 0.702. The first-order valence-electron chi connectivity index (χ1n) is 7.97.